The van der Waals surface area contributed by atoms with Gasteiger partial charge in [-0.2, -0.15) is 0 Å². The largest absolute Gasteiger partial charge is 0.447 e. The smallest absolute Gasteiger partial charge is 0.414 e. The summed E-state index contributed by atoms with van der Waals surface area (Å²) in [7, 11) is 0. The van der Waals surface area contributed by atoms with Gasteiger partial charge in [-0.15, -0.1) is 0 Å². The number of carbonyl (C=O) groups is 2. The molecule has 9 nitrogen and oxygen atoms in total. The zero-order valence-electron chi connectivity index (χ0n) is 20.6. The Hall–Kier alpha value is -3.47. The van der Waals surface area contributed by atoms with Crippen LogP contribution in [0.3, 0.4) is 0 Å². The highest BCUT2D eigenvalue weighted by atomic mass is 35.5. The molecule has 2 amide bonds. The van der Waals surface area contributed by atoms with E-state index in [2.05, 4.69) is 21.1 Å². The lowest BCUT2D eigenvalue weighted by Crippen LogP contribution is -2.44. The first kappa shape index (κ1) is 28.1. The quantitative estimate of drug-likeness (QED) is 0.270. The van der Waals surface area contributed by atoms with Crippen molar-refractivity contribution in [3.63, 3.8) is 0 Å². The summed E-state index contributed by atoms with van der Waals surface area (Å²) in [6.07, 6.45) is -0.0617. The van der Waals surface area contributed by atoms with Crippen molar-refractivity contribution in [1.82, 2.24) is 15.8 Å². The van der Waals surface area contributed by atoms with Crippen molar-refractivity contribution in [2.75, 3.05) is 18.5 Å². The number of ether oxygens (including phenoxy) is 1. The number of halogens is 2. The van der Waals surface area contributed by atoms with Crippen molar-refractivity contribution >= 4 is 29.5 Å². The number of nitrogens with zero attached hydrogens (tertiary/aromatic N) is 1. The average Bonchev–Trinajstić information content (AvgIpc) is 3.32. The second-order valence-corrected chi connectivity index (χ2v) is 9.48. The molecule has 0 aliphatic rings. The summed E-state index contributed by atoms with van der Waals surface area (Å²) in [5.74, 6) is -0.782. The number of amides is 2. The number of benzene rings is 2. The molecule has 0 bridgehead atoms. The molecule has 0 radical (unpaired) electrons. The van der Waals surface area contributed by atoms with Gasteiger partial charge < -0.3 is 25.0 Å². The molecule has 1 heterocycles. The van der Waals surface area contributed by atoms with Crippen LogP contribution < -0.4 is 16.0 Å². The van der Waals surface area contributed by atoms with Gasteiger partial charge >= 0.3 is 6.09 Å². The summed E-state index contributed by atoms with van der Waals surface area (Å²) >= 11 is 5.93. The molecule has 0 saturated carbocycles. The molecule has 0 fully saturated rings. The summed E-state index contributed by atoms with van der Waals surface area (Å²) in [5, 5.41) is 22.2. The monoisotopic (exact) mass is 532 g/mol. The normalized spacial score (nSPS) is 12.1. The van der Waals surface area contributed by atoms with Gasteiger partial charge in [0, 0.05) is 18.2 Å². The van der Waals surface area contributed by atoms with E-state index < -0.39 is 23.6 Å². The molecule has 0 spiro atoms. The predicted octanol–water partition coefficient (Wildman–Crippen LogP) is 4.51. The maximum atomic E-state index is 13.6. The van der Waals surface area contributed by atoms with Crippen LogP contribution in [-0.2, 0) is 16.1 Å². The van der Waals surface area contributed by atoms with E-state index in [0.717, 1.165) is 5.56 Å². The van der Waals surface area contributed by atoms with E-state index in [0.29, 0.717) is 24.1 Å². The zero-order chi connectivity index (χ0) is 26.8. The number of hydrogen-bond donors (Lipinski definition) is 4. The number of aromatic nitrogens is 1. The van der Waals surface area contributed by atoms with Crippen LogP contribution in [0.1, 0.15) is 32.3 Å². The number of carbonyl (C=O) groups excluding carboxylic acids is 2. The van der Waals surface area contributed by atoms with E-state index in [1.165, 1.54) is 12.1 Å². The van der Waals surface area contributed by atoms with E-state index in [4.69, 9.17) is 20.9 Å². The van der Waals surface area contributed by atoms with Gasteiger partial charge in [-0.05, 0) is 38.3 Å². The molecule has 3 rings (SSSR count). The van der Waals surface area contributed by atoms with E-state index in [1.54, 1.807) is 26.0 Å². The van der Waals surface area contributed by atoms with Gasteiger partial charge in [-0.3, -0.25) is 10.1 Å². The molecule has 37 heavy (non-hydrogen) atoms. The number of hydrogen-bond acceptors (Lipinski definition) is 7. The Bertz CT molecular complexity index is 1180. The molecule has 0 aliphatic carbocycles. The topological polar surface area (TPSA) is 126 Å². The van der Waals surface area contributed by atoms with Crippen LogP contribution >= 0.6 is 11.6 Å². The molecule has 0 unspecified atom stereocenters. The third kappa shape index (κ3) is 9.49. The summed E-state index contributed by atoms with van der Waals surface area (Å²) in [6, 6.07) is 14.8. The lowest BCUT2D eigenvalue weighted by atomic mass is 9.99. The Morgan fingerprint density at radius 3 is 2.68 bits per heavy atom. The van der Waals surface area contributed by atoms with Gasteiger partial charge in [0.05, 0.1) is 23.2 Å². The van der Waals surface area contributed by atoms with Crippen molar-refractivity contribution in [3.8, 4) is 11.3 Å². The van der Waals surface area contributed by atoms with Crippen LogP contribution in [0.5, 0.6) is 0 Å². The summed E-state index contributed by atoms with van der Waals surface area (Å²) in [4.78, 5) is 24.8. The summed E-state index contributed by atoms with van der Waals surface area (Å²) in [6.45, 7) is 3.29. The van der Waals surface area contributed by atoms with E-state index >= 15 is 0 Å². The fraction of sp³-hybridized carbons (Fsp3) is 0.346. The molecule has 198 valence electrons. The van der Waals surface area contributed by atoms with Crippen LogP contribution in [0, 0.1) is 5.82 Å². The number of rotatable bonds is 12. The Balaban J connectivity index is 1.49. The molecule has 11 heteroatoms. The number of anilines is 1. The minimum Gasteiger partial charge on any atom is -0.447 e. The number of nitrogens with one attached hydrogen (secondary N) is 3. The summed E-state index contributed by atoms with van der Waals surface area (Å²) < 4.78 is 24.0. The first-order valence-corrected chi connectivity index (χ1v) is 12.1. The lowest BCUT2D eigenvalue weighted by Gasteiger charge is -2.23. The standard InChI is InChI=1S/C26H30ClFN4O5/c1-26(2,35)12-11-19(30-22(33)15-29-14-18-9-6-10-20(28)24(18)27)16-36-25(34)31-23-13-21(32-37-23)17-7-4-3-5-8-17/h3-10,13,19,29,35H,11-12,14-16H2,1-2H3,(H,30,33)(H,31,34)/t19-/m0/s1. The van der Waals surface area contributed by atoms with Crippen molar-refractivity contribution in [3.05, 3.63) is 71.0 Å². The van der Waals surface area contributed by atoms with Gasteiger partial charge in [0.2, 0.25) is 11.8 Å². The summed E-state index contributed by atoms with van der Waals surface area (Å²) in [5.41, 5.74) is 0.940. The highest BCUT2D eigenvalue weighted by Crippen LogP contribution is 2.21. The first-order valence-electron chi connectivity index (χ1n) is 11.7. The third-order valence-electron chi connectivity index (χ3n) is 5.32. The molecule has 2 aromatic carbocycles. The predicted molar refractivity (Wildman–Crippen MR) is 137 cm³/mol. The first-order chi connectivity index (χ1) is 17.6. The van der Waals surface area contributed by atoms with Crippen LogP contribution in [0.4, 0.5) is 15.1 Å². The number of aliphatic hydroxyl groups is 1. The van der Waals surface area contributed by atoms with Gasteiger partial charge in [0.1, 0.15) is 18.1 Å². The molecule has 0 saturated heterocycles. The highest BCUT2D eigenvalue weighted by molar-refractivity contribution is 6.31. The van der Waals surface area contributed by atoms with Crippen molar-refractivity contribution in [1.29, 1.82) is 0 Å². The Kier molecular flexibility index (Phi) is 10.0. The van der Waals surface area contributed by atoms with Crippen molar-refractivity contribution < 1.29 is 28.3 Å². The minimum absolute atomic E-state index is 0.000482. The van der Waals surface area contributed by atoms with Crippen LogP contribution in [0.25, 0.3) is 11.3 Å². The van der Waals surface area contributed by atoms with Gasteiger partial charge in [0.15, 0.2) is 0 Å². The van der Waals surface area contributed by atoms with Gasteiger partial charge in [-0.25, -0.2) is 9.18 Å². The van der Waals surface area contributed by atoms with Crippen LogP contribution in [-0.4, -0.2) is 47.1 Å². The molecule has 1 aromatic heterocycles. The molecular formula is C26H30ClFN4O5. The Morgan fingerprint density at radius 1 is 1.19 bits per heavy atom. The fourth-order valence-electron chi connectivity index (χ4n) is 3.39. The molecule has 1 atom stereocenters. The van der Waals surface area contributed by atoms with Crippen molar-refractivity contribution in [2.45, 2.75) is 44.9 Å². The maximum Gasteiger partial charge on any atom is 0.414 e. The Morgan fingerprint density at radius 2 is 1.95 bits per heavy atom. The molecule has 4 N–H and O–H groups in total. The van der Waals surface area contributed by atoms with Crippen molar-refractivity contribution in [2.24, 2.45) is 0 Å². The molecule has 3 aromatic rings. The highest BCUT2D eigenvalue weighted by Gasteiger charge is 2.20. The minimum atomic E-state index is -0.967. The average molecular weight is 533 g/mol. The van der Waals surface area contributed by atoms with E-state index in [9.17, 15) is 19.1 Å². The van der Waals surface area contributed by atoms with E-state index in [-0.39, 0.29) is 36.5 Å². The Labute approximate surface area is 219 Å². The zero-order valence-corrected chi connectivity index (χ0v) is 21.3. The third-order valence-corrected chi connectivity index (χ3v) is 5.75. The SMILES string of the molecule is CC(C)(O)CC[C@@H](COC(=O)Nc1cc(-c2ccccc2)no1)NC(=O)CNCc1cccc(F)c1Cl. The van der Waals surface area contributed by atoms with E-state index in [1.807, 2.05) is 30.3 Å². The van der Waals surface area contributed by atoms with Crippen LogP contribution in [0.15, 0.2) is 59.1 Å². The second-order valence-electron chi connectivity index (χ2n) is 9.10. The second kappa shape index (κ2) is 13.2. The fourth-order valence-corrected chi connectivity index (χ4v) is 3.58. The maximum absolute atomic E-state index is 13.6. The molecule has 0 aliphatic heterocycles. The van der Waals surface area contributed by atoms with Gasteiger partial charge in [-0.1, -0.05) is 59.2 Å². The molecular weight excluding hydrogens is 503 g/mol. The van der Waals surface area contributed by atoms with Crippen LogP contribution in [0.2, 0.25) is 5.02 Å². The van der Waals surface area contributed by atoms with Gasteiger partial charge in [0.25, 0.3) is 0 Å². The lowest BCUT2D eigenvalue weighted by molar-refractivity contribution is -0.121.